The van der Waals surface area contributed by atoms with Crippen LogP contribution in [0.2, 0.25) is 0 Å². The highest BCUT2D eigenvalue weighted by Gasteiger charge is 2.11. The minimum absolute atomic E-state index is 0.357. The van der Waals surface area contributed by atoms with Gasteiger partial charge in [-0.15, -0.1) is 0 Å². The Hall–Kier alpha value is -1.88. The van der Waals surface area contributed by atoms with Crippen LogP contribution in [0.5, 0.6) is 0 Å². The standard InChI is InChI=1S/C7H7NO.C6H13NO2/c8-7(9)6-4-2-1-3-5-6;1-4(2)3-5(7)6(8)9/h1-5H,(H2,8,9);4-5H,3,7H2,1-2H3,(H,8,9)/t;5-/m.0/s1. The summed E-state index contributed by atoms with van der Waals surface area (Å²) < 4.78 is 0. The molecule has 0 aliphatic heterocycles. The number of nitrogens with two attached hydrogens (primary N) is 2. The van der Waals surface area contributed by atoms with Gasteiger partial charge in [-0.3, -0.25) is 9.59 Å². The van der Waals surface area contributed by atoms with Crippen LogP contribution >= 0.6 is 0 Å². The third-order valence-corrected chi connectivity index (χ3v) is 2.10. The predicted molar refractivity (Wildman–Crippen MR) is 70.0 cm³/mol. The highest BCUT2D eigenvalue weighted by molar-refractivity contribution is 5.92. The molecule has 0 saturated carbocycles. The Morgan fingerprint density at radius 3 is 1.94 bits per heavy atom. The average Bonchev–Trinajstić information content (AvgIpc) is 2.30. The second kappa shape index (κ2) is 8.25. The zero-order chi connectivity index (χ0) is 14.1. The minimum atomic E-state index is -0.913. The first-order chi connectivity index (χ1) is 8.34. The number of hydrogen-bond donors (Lipinski definition) is 3. The van der Waals surface area contributed by atoms with E-state index in [0.29, 0.717) is 17.9 Å². The Morgan fingerprint density at radius 2 is 1.72 bits per heavy atom. The Morgan fingerprint density at radius 1 is 1.22 bits per heavy atom. The van der Waals surface area contributed by atoms with E-state index in [4.69, 9.17) is 16.6 Å². The molecule has 1 atom stereocenters. The molecule has 0 heterocycles. The Kier molecular flexibility index (Phi) is 7.38. The van der Waals surface area contributed by atoms with Gasteiger partial charge in [0, 0.05) is 5.56 Å². The molecule has 100 valence electrons. The summed E-state index contributed by atoms with van der Waals surface area (Å²) in [5, 5.41) is 8.31. The van der Waals surface area contributed by atoms with Gasteiger partial charge in [0.15, 0.2) is 0 Å². The summed E-state index contributed by atoms with van der Waals surface area (Å²) in [6.07, 6.45) is 0.551. The van der Waals surface area contributed by atoms with Crippen LogP contribution < -0.4 is 11.5 Å². The van der Waals surface area contributed by atoms with Crippen molar-refractivity contribution in [2.75, 3.05) is 0 Å². The van der Waals surface area contributed by atoms with E-state index in [0.717, 1.165) is 0 Å². The fourth-order valence-electron chi connectivity index (χ4n) is 1.21. The van der Waals surface area contributed by atoms with Crippen LogP contribution in [0, 0.1) is 5.92 Å². The quantitative estimate of drug-likeness (QED) is 0.749. The minimum Gasteiger partial charge on any atom is -0.480 e. The van der Waals surface area contributed by atoms with Crippen molar-refractivity contribution in [1.29, 1.82) is 0 Å². The molecule has 0 saturated heterocycles. The Balaban J connectivity index is 0.000000321. The highest BCUT2D eigenvalue weighted by Crippen LogP contribution is 2.01. The third-order valence-electron chi connectivity index (χ3n) is 2.10. The number of rotatable bonds is 4. The van der Waals surface area contributed by atoms with Crippen molar-refractivity contribution in [2.24, 2.45) is 17.4 Å². The first kappa shape index (κ1) is 16.1. The number of primary amides is 1. The zero-order valence-corrected chi connectivity index (χ0v) is 10.7. The number of carboxylic acid groups (broad SMARTS) is 1. The second-order valence-electron chi connectivity index (χ2n) is 4.30. The summed E-state index contributed by atoms with van der Waals surface area (Å²) in [6, 6.07) is 8.07. The van der Waals surface area contributed by atoms with Gasteiger partial charge in [0.25, 0.3) is 0 Å². The van der Waals surface area contributed by atoms with Crippen LogP contribution in [-0.4, -0.2) is 23.0 Å². The van der Waals surface area contributed by atoms with Gasteiger partial charge in [-0.2, -0.15) is 0 Å². The van der Waals surface area contributed by atoms with Crippen LogP contribution in [-0.2, 0) is 4.79 Å². The highest BCUT2D eigenvalue weighted by atomic mass is 16.4. The van der Waals surface area contributed by atoms with E-state index in [-0.39, 0.29) is 5.91 Å². The molecular weight excluding hydrogens is 232 g/mol. The molecule has 0 aromatic heterocycles. The molecule has 0 spiro atoms. The molecule has 0 unspecified atom stereocenters. The van der Waals surface area contributed by atoms with Crippen molar-refractivity contribution >= 4 is 11.9 Å². The summed E-state index contributed by atoms with van der Waals surface area (Å²) in [4.78, 5) is 20.5. The summed E-state index contributed by atoms with van der Waals surface area (Å²) in [5.41, 5.74) is 10.7. The molecular formula is C13H20N2O3. The molecule has 0 aliphatic rings. The fourth-order valence-corrected chi connectivity index (χ4v) is 1.21. The van der Waals surface area contributed by atoms with E-state index in [2.05, 4.69) is 0 Å². The maximum Gasteiger partial charge on any atom is 0.320 e. The molecule has 1 rings (SSSR count). The van der Waals surface area contributed by atoms with Gasteiger partial charge in [-0.05, 0) is 24.5 Å². The van der Waals surface area contributed by atoms with Crippen LogP contribution in [0.1, 0.15) is 30.6 Å². The normalized spacial score (nSPS) is 11.3. The fraction of sp³-hybridized carbons (Fsp3) is 0.385. The summed E-state index contributed by atoms with van der Waals surface area (Å²) >= 11 is 0. The number of aliphatic carboxylic acids is 1. The van der Waals surface area contributed by atoms with Crippen molar-refractivity contribution in [3.05, 3.63) is 35.9 Å². The summed E-state index contributed by atoms with van der Waals surface area (Å²) in [5.74, 6) is -0.935. The molecule has 18 heavy (non-hydrogen) atoms. The van der Waals surface area contributed by atoms with Crippen molar-refractivity contribution in [3.63, 3.8) is 0 Å². The van der Waals surface area contributed by atoms with Gasteiger partial charge < -0.3 is 16.6 Å². The molecule has 5 nitrogen and oxygen atoms in total. The monoisotopic (exact) mass is 252 g/mol. The van der Waals surface area contributed by atoms with Crippen molar-refractivity contribution in [3.8, 4) is 0 Å². The molecule has 1 aromatic rings. The average molecular weight is 252 g/mol. The number of amides is 1. The summed E-state index contributed by atoms with van der Waals surface area (Å²) in [7, 11) is 0. The first-order valence-corrected chi connectivity index (χ1v) is 5.67. The molecule has 0 fully saturated rings. The third kappa shape index (κ3) is 7.40. The molecule has 1 aromatic carbocycles. The number of hydrogen-bond acceptors (Lipinski definition) is 3. The lowest BCUT2D eigenvalue weighted by molar-refractivity contribution is -0.138. The van der Waals surface area contributed by atoms with Crippen LogP contribution in [0.25, 0.3) is 0 Å². The van der Waals surface area contributed by atoms with E-state index in [1.807, 2.05) is 19.9 Å². The van der Waals surface area contributed by atoms with E-state index in [9.17, 15) is 9.59 Å². The lowest BCUT2D eigenvalue weighted by Crippen LogP contribution is -2.31. The summed E-state index contributed by atoms with van der Waals surface area (Å²) in [6.45, 7) is 3.89. The van der Waals surface area contributed by atoms with Gasteiger partial charge in [0.05, 0.1) is 0 Å². The van der Waals surface area contributed by atoms with Crippen molar-refractivity contribution in [1.82, 2.24) is 0 Å². The molecule has 1 amide bonds. The molecule has 0 radical (unpaired) electrons. The van der Waals surface area contributed by atoms with Crippen molar-refractivity contribution in [2.45, 2.75) is 26.3 Å². The zero-order valence-electron chi connectivity index (χ0n) is 10.7. The Labute approximate surface area is 107 Å². The number of carbonyl (C=O) groups is 2. The smallest absolute Gasteiger partial charge is 0.320 e. The number of carboxylic acids is 1. The molecule has 5 N–H and O–H groups in total. The van der Waals surface area contributed by atoms with Crippen LogP contribution in [0.3, 0.4) is 0 Å². The van der Waals surface area contributed by atoms with Crippen LogP contribution in [0.15, 0.2) is 30.3 Å². The van der Waals surface area contributed by atoms with E-state index in [1.54, 1.807) is 24.3 Å². The van der Waals surface area contributed by atoms with Gasteiger partial charge in [-0.25, -0.2) is 0 Å². The lowest BCUT2D eigenvalue weighted by Gasteiger charge is -2.07. The van der Waals surface area contributed by atoms with Gasteiger partial charge in [-0.1, -0.05) is 32.0 Å². The van der Waals surface area contributed by atoms with Crippen molar-refractivity contribution < 1.29 is 14.7 Å². The van der Waals surface area contributed by atoms with E-state index in [1.165, 1.54) is 0 Å². The maximum absolute atomic E-state index is 10.4. The van der Waals surface area contributed by atoms with E-state index < -0.39 is 12.0 Å². The second-order valence-corrected chi connectivity index (χ2v) is 4.30. The predicted octanol–water partition coefficient (Wildman–Crippen LogP) is 1.23. The first-order valence-electron chi connectivity index (χ1n) is 5.67. The number of carbonyl (C=O) groups excluding carboxylic acids is 1. The maximum atomic E-state index is 10.4. The number of benzene rings is 1. The topological polar surface area (TPSA) is 106 Å². The molecule has 0 bridgehead atoms. The van der Waals surface area contributed by atoms with Gasteiger partial charge in [0.1, 0.15) is 6.04 Å². The molecule has 5 heteroatoms. The molecule has 0 aliphatic carbocycles. The largest absolute Gasteiger partial charge is 0.480 e. The van der Waals surface area contributed by atoms with Gasteiger partial charge in [0.2, 0.25) is 5.91 Å². The lowest BCUT2D eigenvalue weighted by atomic mass is 10.1. The van der Waals surface area contributed by atoms with Crippen LogP contribution in [0.4, 0.5) is 0 Å². The van der Waals surface area contributed by atoms with Gasteiger partial charge >= 0.3 is 5.97 Å². The van der Waals surface area contributed by atoms with E-state index >= 15 is 0 Å². The Bertz CT molecular complexity index is 377. The SMILES string of the molecule is CC(C)C[C@H](N)C(=O)O.NC(=O)c1ccccc1.